The molecule has 0 spiro atoms. The van der Waals surface area contributed by atoms with E-state index >= 15 is 0 Å². The Hall–Kier alpha value is -0.460. The third-order valence-electron chi connectivity index (χ3n) is 3.82. The average molecular weight is 331 g/mol. The highest BCUT2D eigenvalue weighted by Gasteiger charge is 2.28. The normalized spacial score (nSPS) is 24.0. The Bertz CT molecular complexity index is 600. The maximum atomic E-state index is 11.7. The number of hydrogen-bond donors (Lipinski definition) is 1. The van der Waals surface area contributed by atoms with E-state index in [-0.39, 0.29) is 23.3 Å². The van der Waals surface area contributed by atoms with E-state index in [0.717, 1.165) is 23.5 Å². The lowest BCUT2D eigenvalue weighted by atomic mass is 9.98. The van der Waals surface area contributed by atoms with Crippen molar-refractivity contribution >= 4 is 21.2 Å². The monoisotopic (exact) mass is 330 g/mol. The van der Waals surface area contributed by atoms with E-state index in [1.807, 2.05) is 6.92 Å². The molecule has 0 bridgehead atoms. The molecule has 6 heteroatoms. The van der Waals surface area contributed by atoms with Gasteiger partial charge in [0.1, 0.15) is 0 Å². The Balaban J connectivity index is 2.10. The molecule has 2 atom stereocenters. The molecule has 120 valence electrons. The van der Waals surface area contributed by atoms with Crippen molar-refractivity contribution in [2.75, 3.05) is 11.5 Å². The number of aromatic nitrogens is 1. The van der Waals surface area contributed by atoms with Crippen molar-refractivity contribution in [3.05, 3.63) is 15.6 Å². The molecular formula is C15H26N2O2S2. The molecule has 1 aromatic heterocycles. The Morgan fingerprint density at radius 3 is 2.57 bits per heavy atom. The fraction of sp³-hybridized carbons (Fsp3) is 0.800. The van der Waals surface area contributed by atoms with Crippen LogP contribution in [0.4, 0.5) is 0 Å². The third-order valence-corrected chi connectivity index (χ3v) is 7.40. The summed E-state index contributed by atoms with van der Waals surface area (Å²) >= 11 is 1.74. The van der Waals surface area contributed by atoms with Crippen LogP contribution in [0.25, 0.3) is 0 Å². The second kappa shape index (κ2) is 5.97. The summed E-state index contributed by atoms with van der Waals surface area (Å²) in [5.74, 6) is 0.606. The first-order chi connectivity index (χ1) is 9.58. The Labute approximate surface area is 132 Å². The summed E-state index contributed by atoms with van der Waals surface area (Å²) in [5, 5.41) is 4.63. The van der Waals surface area contributed by atoms with Crippen molar-refractivity contribution in [2.45, 2.75) is 65.0 Å². The minimum absolute atomic E-state index is 0.0571. The molecular weight excluding hydrogens is 304 g/mol. The van der Waals surface area contributed by atoms with Gasteiger partial charge in [-0.25, -0.2) is 13.4 Å². The van der Waals surface area contributed by atoms with Gasteiger partial charge < -0.3 is 5.32 Å². The second-order valence-corrected chi connectivity index (χ2v) is 10.3. The zero-order valence-electron chi connectivity index (χ0n) is 13.6. The molecule has 2 unspecified atom stereocenters. The Morgan fingerprint density at radius 2 is 2.05 bits per heavy atom. The molecule has 0 amide bonds. The van der Waals surface area contributed by atoms with E-state index in [1.165, 1.54) is 4.88 Å². The van der Waals surface area contributed by atoms with E-state index in [4.69, 9.17) is 0 Å². The lowest BCUT2D eigenvalue weighted by Crippen LogP contribution is -2.41. The summed E-state index contributed by atoms with van der Waals surface area (Å²) in [6.45, 7) is 10.6. The standard InChI is InChI=1S/C15H26N2O2S2/c1-10(16-12-7-6-8-21(18,19)9-12)13-11(2)17-14(20-13)15(3,4)5/h10,12,16H,6-9H2,1-5H3. The van der Waals surface area contributed by atoms with Crippen LogP contribution in [0.15, 0.2) is 0 Å². The van der Waals surface area contributed by atoms with Gasteiger partial charge >= 0.3 is 0 Å². The van der Waals surface area contributed by atoms with Gasteiger partial charge in [0.25, 0.3) is 0 Å². The van der Waals surface area contributed by atoms with Crippen LogP contribution in [0, 0.1) is 6.92 Å². The van der Waals surface area contributed by atoms with Crippen LogP contribution < -0.4 is 5.32 Å². The molecule has 1 N–H and O–H groups in total. The minimum atomic E-state index is -2.86. The zero-order chi connectivity index (χ0) is 15.8. The molecule has 2 rings (SSSR count). The first-order valence-electron chi connectivity index (χ1n) is 7.53. The summed E-state index contributed by atoms with van der Waals surface area (Å²) in [6.07, 6.45) is 1.70. The molecule has 1 aliphatic rings. The maximum absolute atomic E-state index is 11.7. The fourth-order valence-corrected chi connectivity index (χ4v) is 5.50. The molecule has 1 aromatic rings. The summed E-state index contributed by atoms with van der Waals surface area (Å²) in [6, 6.07) is 0.218. The average Bonchev–Trinajstić information content (AvgIpc) is 2.69. The highest BCUT2D eigenvalue weighted by Crippen LogP contribution is 2.33. The first kappa shape index (κ1) is 16.9. The lowest BCUT2D eigenvalue weighted by molar-refractivity contribution is 0.439. The molecule has 1 aliphatic heterocycles. The number of hydrogen-bond acceptors (Lipinski definition) is 5. The second-order valence-electron chi connectivity index (χ2n) is 7.06. The molecule has 1 saturated heterocycles. The predicted molar refractivity (Wildman–Crippen MR) is 88.8 cm³/mol. The van der Waals surface area contributed by atoms with Crippen molar-refractivity contribution < 1.29 is 8.42 Å². The Kier molecular flexibility index (Phi) is 4.81. The summed E-state index contributed by atoms with van der Waals surface area (Å²) in [5.41, 5.74) is 1.12. The van der Waals surface area contributed by atoms with Gasteiger partial charge in [-0.2, -0.15) is 0 Å². The number of sulfone groups is 1. The maximum Gasteiger partial charge on any atom is 0.151 e. The molecule has 0 saturated carbocycles. The van der Waals surface area contributed by atoms with E-state index in [1.54, 1.807) is 11.3 Å². The van der Waals surface area contributed by atoms with Gasteiger partial charge in [-0.1, -0.05) is 20.8 Å². The van der Waals surface area contributed by atoms with Crippen molar-refractivity contribution in [3.8, 4) is 0 Å². The molecule has 0 aromatic carbocycles. The zero-order valence-corrected chi connectivity index (χ0v) is 15.2. The van der Waals surface area contributed by atoms with Gasteiger partial charge in [0.05, 0.1) is 22.2 Å². The highest BCUT2D eigenvalue weighted by atomic mass is 32.2. The highest BCUT2D eigenvalue weighted by molar-refractivity contribution is 7.91. The van der Waals surface area contributed by atoms with Crippen molar-refractivity contribution in [3.63, 3.8) is 0 Å². The van der Waals surface area contributed by atoms with Gasteiger partial charge in [-0.3, -0.25) is 0 Å². The van der Waals surface area contributed by atoms with Crippen LogP contribution in [0.5, 0.6) is 0 Å². The topological polar surface area (TPSA) is 59.1 Å². The van der Waals surface area contributed by atoms with Gasteiger partial charge in [0, 0.05) is 22.4 Å². The number of aryl methyl sites for hydroxylation is 1. The molecule has 0 aliphatic carbocycles. The van der Waals surface area contributed by atoms with Crippen molar-refractivity contribution in [1.82, 2.24) is 10.3 Å². The van der Waals surface area contributed by atoms with Gasteiger partial charge in [-0.05, 0) is 26.7 Å². The van der Waals surface area contributed by atoms with Crippen LogP contribution in [0.1, 0.15) is 62.2 Å². The molecule has 2 heterocycles. The fourth-order valence-electron chi connectivity index (χ4n) is 2.71. The van der Waals surface area contributed by atoms with Crippen molar-refractivity contribution in [1.29, 1.82) is 0 Å². The largest absolute Gasteiger partial charge is 0.306 e. The molecule has 1 fully saturated rings. The van der Waals surface area contributed by atoms with Crippen LogP contribution in [-0.4, -0.2) is 30.9 Å². The van der Waals surface area contributed by atoms with Crippen LogP contribution >= 0.6 is 11.3 Å². The number of rotatable bonds is 3. The number of nitrogens with one attached hydrogen (secondary N) is 1. The van der Waals surface area contributed by atoms with Crippen molar-refractivity contribution in [2.24, 2.45) is 0 Å². The van der Waals surface area contributed by atoms with E-state index in [9.17, 15) is 8.42 Å². The van der Waals surface area contributed by atoms with Gasteiger partial charge in [-0.15, -0.1) is 11.3 Å². The summed E-state index contributed by atoms with van der Waals surface area (Å²) < 4.78 is 23.5. The van der Waals surface area contributed by atoms with Crippen LogP contribution in [0.2, 0.25) is 0 Å². The van der Waals surface area contributed by atoms with E-state index < -0.39 is 9.84 Å². The van der Waals surface area contributed by atoms with Crippen LogP contribution in [-0.2, 0) is 15.3 Å². The molecule has 0 radical (unpaired) electrons. The SMILES string of the molecule is Cc1nc(C(C)(C)C)sc1C(C)NC1CCCS(=O)(=O)C1. The lowest BCUT2D eigenvalue weighted by Gasteiger charge is -2.26. The smallest absolute Gasteiger partial charge is 0.151 e. The third kappa shape index (κ3) is 4.27. The van der Waals surface area contributed by atoms with E-state index in [2.05, 4.69) is 38.0 Å². The first-order valence-corrected chi connectivity index (χ1v) is 10.2. The predicted octanol–water partition coefficient (Wildman–Crippen LogP) is 2.98. The Morgan fingerprint density at radius 1 is 1.38 bits per heavy atom. The summed E-state index contributed by atoms with van der Waals surface area (Å²) in [4.78, 5) is 5.91. The van der Waals surface area contributed by atoms with Gasteiger partial charge in [0.2, 0.25) is 0 Å². The summed E-state index contributed by atoms with van der Waals surface area (Å²) in [7, 11) is -2.86. The number of thiazole rings is 1. The molecule has 21 heavy (non-hydrogen) atoms. The van der Waals surface area contributed by atoms with Gasteiger partial charge in [0.15, 0.2) is 9.84 Å². The molecule has 4 nitrogen and oxygen atoms in total. The minimum Gasteiger partial charge on any atom is -0.306 e. The number of nitrogens with zero attached hydrogens (tertiary/aromatic N) is 1. The van der Waals surface area contributed by atoms with Crippen LogP contribution in [0.3, 0.4) is 0 Å². The van der Waals surface area contributed by atoms with E-state index in [0.29, 0.717) is 5.75 Å². The quantitative estimate of drug-likeness (QED) is 0.925.